The highest BCUT2D eigenvalue weighted by molar-refractivity contribution is 7.92. The van der Waals surface area contributed by atoms with Crippen molar-refractivity contribution in [1.29, 1.82) is 0 Å². The Labute approximate surface area is 185 Å². The quantitative estimate of drug-likeness (QED) is 0.596. The lowest BCUT2D eigenvalue weighted by atomic mass is 9.95. The van der Waals surface area contributed by atoms with E-state index in [0.29, 0.717) is 16.3 Å². The second kappa shape index (κ2) is 9.78. The molecule has 1 heterocycles. The number of rotatable bonds is 8. The van der Waals surface area contributed by atoms with Crippen LogP contribution in [0.3, 0.4) is 0 Å². The molecule has 0 bridgehead atoms. The normalized spacial score (nSPS) is 13.4. The molecule has 168 valence electrons. The minimum absolute atomic E-state index is 0.0659. The summed E-state index contributed by atoms with van der Waals surface area (Å²) in [6.45, 7) is 0.0721. The Hall–Kier alpha value is -2.46. The number of methoxy groups -OCH3 is 1. The van der Waals surface area contributed by atoms with Gasteiger partial charge in [0.05, 0.1) is 24.6 Å². The molecule has 0 aliphatic heterocycles. The average molecular weight is 469 g/mol. The summed E-state index contributed by atoms with van der Waals surface area (Å²) in [6, 6.07) is 5.14. The summed E-state index contributed by atoms with van der Waals surface area (Å²) in [5, 5.41) is 3.29. The molecule has 3 rings (SSSR count). The van der Waals surface area contributed by atoms with E-state index in [-0.39, 0.29) is 25.3 Å². The van der Waals surface area contributed by atoms with Gasteiger partial charge in [-0.25, -0.2) is 17.6 Å². The van der Waals surface area contributed by atoms with Crippen LogP contribution in [-0.4, -0.2) is 40.2 Å². The van der Waals surface area contributed by atoms with Gasteiger partial charge in [-0.2, -0.15) is 0 Å². The third-order valence-electron chi connectivity index (χ3n) is 5.09. The molecule has 7 nitrogen and oxygen atoms in total. The summed E-state index contributed by atoms with van der Waals surface area (Å²) < 4.78 is 43.5. The van der Waals surface area contributed by atoms with Crippen molar-refractivity contribution in [2.24, 2.45) is 0 Å². The number of hydrogen-bond acceptors (Lipinski definition) is 6. The maximum Gasteiger partial charge on any atom is 0.341 e. The number of carbonyl (C=O) groups excluding carboxylic acids is 2. The number of benzene rings is 1. The highest BCUT2D eigenvalue weighted by Crippen LogP contribution is 2.38. The molecule has 31 heavy (non-hydrogen) atoms. The van der Waals surface area contributed by atoms with Gasteiger partial charge >= 0.3 is 5.97 Å². The van der Waals surface area contributed by atoms with Crippen LogP contribution in [-0.2, 0) is 32.4 Å². The number of thiophene rings is 1. The van der Waals surface area contributed by atoms with Crippen LogP contribution >= 0.6 is 11.3 Å². The third-order valence-corrected chi connectivity index (χ3v) is 7.50. The summed E-state index contributed by atoms with van der Waals surface area (Å²) in [5.41, 5.74) is 1.72. The molecule has 0 saturated carbocycles. The van der Waals surface area contributed by atoms with E-state index in [1.165, 1.54) is 42.7 Å². The van der Waals surface area contributed by atoms with Crippen LogP contribution in [0, 0.1) is 5.82 Å². The molecule has 0 atom stereocenters. The summed E-state index contributed by atoms with van der Waals surface area (Å²) in [6.07, 6.45) is 5.09. The van der Waals surface area contributed by atoms with Gasteiger partial charge in [0.1, 0.15) is 10.8 Å². The first-order chi connectivity index (χ1) is 14.7. The van der Waals surface area contributed by atoms with E-state index in [1.54, 1.807) is 0 Å². The highest BCUT2D eigenvalue weighted by Gasteiger charge is 2.27. The molecule has 1 N–H and O–H groups in total. The van der Waals surface area contributed by atoms with Crippen molar-refractivity contribution in [3.63, 3.8) is 0 Å². The number of ether oxygens (including phenoxy) is 1. The van der Waals surface area contributed by atoms with Crippen LogP contribution < -0.4 is 9.62 Å². The van der Waals surface area contributed by atoms with Gasteiger partial charge in [0.25, 0.3) is 0 Å². The van der Waals surface area contributed by atoms with E-state index in [0.717, 1.165) is 46.7 Å². The van der Waals surface area contributed by atoms with E-state index in [2.05, 4.69) is 5.32 Å². The standard InChI is InChI=1S/C21H25FN2O5S2/c1-29-21(26)19-16-6-3-4-7-17(16)30-20(19)23-18(25)8-5-13-24(31(2,27)28)15-11-9-14(22)10-12-15/h9-12H,3-8,13H2,1-2H3,(H,23,25). The maximum absolute atomic E-state index is 13.2. The Morgan fingerprint density at radius 1 is 1.19 bits per heavy atom. The number of carbonyl (C=O) groups is 2. The number of amides is 1. The molecule has 1 aromatic carbocycles. The van der Waals surface area contributed by atoms with Gasteiger partial charge in [-0.3, -0.25) is 9.10 Å². The topological polar surface area (TPSA) is 92.8 Å². The first kappa shape index (κ1) is 23.2. The highest BCUT2D eigenvalue weighted by atomic mass is 32.2. The Morgan fingerprint density at radius 3 is 2.52 bits per heavy atom. The van der Waals surface area contributed by atoms with Crippen LogP contribution in [0.2, 0.25) is 0 Å². The number of anilines is 2. The predicted octanol–water partition coefficient (Wildman–Crippen LogP) is 3.74. The maximum atomic E-state index is 13.2. The number of fused-ring (bicyclic) bond motifs is 1. The molecule has 0 radical (unpaired) electrons. The van der Waals surface area contributed by atoms with Crippen molar-refractivity contribution >= 4 is 43.9 Å². The van der Waals surface area contributed by atoms with E-state index < -0.39 is 21.8 Å². The minimum atomic E-state index is -3.59. The number of aryl methyl sites for hydroxylation is 1. The molecule has 0 fully saturated rings. The Bertz CT molecular complexity index is 1060. The van der Waals surface area contributed by atoms with Crippen molar-refractivity contribution in [2.45, 2.75) is 38.5 Å². The summed E-state index contributed by atoms with van der Waals surface area (Å²) in [5.74, 6) is -1.23. The predicted molar refractivity (Wildman–Crippen MR) is 119 cm³/mol. The summed E-state index contributed by atoms with van der Waals surface area (Å²) in [4.78, 5) is 25.9. The van der Waals surface area contributed by atoms with E-state index in [4.69, 9.17) is 4.74 Å². The zero-order chi connectivity index (χ0) is 22.6. The second-order valence-electron chi connectivity index (χ2n) is 7.37. The molecule has 10 heteroatoms. The van der Waals surface area contributed by atoms with Crippen LogP contribution in [0.4, 0.5) is 15.1 Å². The molecule has 2 aromatic rings. The van der Waals surface area contributed by atoms with Crippen LogP contribution in [0.25, 0.3) is 0 Å². The lowest BCUT2D eigenvalue weighted by molar-refractivity contribution is -0.116. The molecule has 1 amide bonds. The van der Waals surface area contributed by atoms with Crippen molar-refractivity contribution in [3.8, 4) is 0 Å². The fraction of sp³-hybridized carbons (Fsp3) is 0.429. The number of nitrogens with one attached hydrogen (secondary N) is 1. The monoisotopic (exact) mass is 468 g/mol. The lowest BCUT2D eigenvalue weighted by Gasteiger charge is -2.22. The zero-order valence-corrected chi connectivity index (χ0v) is 19.1. The van der Waals surface area contributed by atoms with Gasteiger partial charge in [0.2, 0.25) is 15.9 Å². The number of sulfonamides is 1. The van der Waals surface area contributed by atoms with Gasteiger partial charge < -0.3 is 10.1 Å². The van der Waals surface area contributed by atoms with Gasteiger partial charge in [0.15, 0.2) is 0 Å². The first-order valence-corrected chi connectivity index (χ1v) is 12.6. The minimum Gasteiger partial charge on any atom is -0.465 e. The number of halogens is 1. The summed E-state index contributed by atoms with van der Waals surface area (Å²) in [7, 11) is -2.28. The van der Waals surface area contributed by atoms with Crippen molar-refractivity contribution in [2.75, 3.05) is 29.5 Å². The summed E-state index contributed by atoms with van der Waals surface area (Å²) >= 11 is 1.40. The zero-order valence-electron chi connectivity index (χ0n) is 17.4. The lowest BCUT2D eigenvalue weighted by Crippen LogP contribution is -2.31. The largest absolute Gasteiger partial charge is 0.465 e. The van der Waals surface area contributed by atoms with E-state index in [1.807, 2.05) is 0 Å². The Kier molecular flexibility index (Phi) is 7.32. The molecule has 0 unspecified atom stereocenters. The van der Waals surface area contributed by atoms with Crippen LogP contribution in [0.15, 0.2) is 24.3 Å². The van der Waals surface area contributed by atoms with Gasteiger partial charge in [-0.1, -0.05) is 0 Å². The Morgan fingerprint density at radius 2 is 1.87 bits per heavy atom. The molecular formula is C21H25FN2O5S2. The average Bonchev–Trinajstić information content (AvgIpc) is 3.08. The molecule has 1 aliphatic carbocycles. The number of nitrogens with zero attached hydrogens (tertiary/aromatic N) is 1. The van der Waals surface area contributed by atoms with Crippen LogP contribution in [0.1, 0.15) is 46.5 Å². The van der Waals surface area contributed by atoms with E-state index in [9.17, 15) is 22.4 Å². The van der Waals surface area contributed by atoms with Crippen LogP contribution in [0.5, 0.6) is 0 Å². The molecule has 1 aliphatic rings. The van der Waals surface area contributed by atoms with Crippen molar-refractivity contribution < 1.29 is 27.1 Å². The first-order valence-electron chi connectivity index (χ1n) is 9.96. The van der Waals surface area contributed by atoms with Crippen molar-refractivity contribution in [1.82, 2.24) is 0 Å². The number of hydrogen-bond donors (Lipinski definition) is 1. The smallest absolute Gasteiger partial charge is 0.341 e. The van der Waals surface area contributed by atoms with E-state index >= 15 is 0 Å². The molecule has 0 spiro atoms. The molecular weight excluding hydrogens is 443 g/mol. The van der Waals surface area contributed by atoms with Gasteiger partial charge in [-0.05, 0) is 61.9 Å². The molecule has 0 saturated heterocycles. The van der Waals surface area contributed by atoms with Gasteiger partial charge in [-0.15, -0.1) is 11.3 Å². The molecule has 1 aromatic heterocycles. The SMILES string of the molecule is COC(=O)c1c(NC(=O)CCCN(c2ccc(F)cc2)S(C)(=O)=O)sc2c1CCCC2. The fourth-order valence-corrected chi connectivity index (χ4v) is 5.90. The van der Waals surface area contributed by atoms with Crippen molar-refractivity contribution in [3.05, 3.63) is 46.1 Å². The fourth-order valence-electron chi connectivity index (χ4n) is 3.64. The number of esters is 1. The second-order valence-corrected chi connectivity index (χ2v) is 10.4. The third kappa shape index (κ3) is 5.62. The Balaban J connectivity index is 1.66. The van der Waals surface area contributed by atoms with Gasteiger partial charge in [0, 0.05) is 17.8 Å².